The van der Waals surface area contributed by atoms with Crippen molar-refractivity contribution in [1.29, 1.82) is 0 Å². The molecule has 5 nitrogen and oxygen atoms in total. The molecule has 0 saturated heterocycles. The number of aryl methyl sites for hydroxylation is 2. The topological polar surface area (TPSA) is 76.1 Å². The maximum absolute atomic E-state index is 12.2. The maximum Gasteiger partial charge on any atom is 0.275 e. The lowest BCUT2D eigenvalue weighted by molar-refractivity contribution is 0.0981. The molecule has 0 fully saturated rings. The SMILES string of the molecule is Cc1nc(C)c(S(=O)(=O)NC(=O)c2ccccc2Cl)s1. The summed E-state index contributed by atoms with van der Waals surface area (Å²) in [6, 6.07) is 6.24. The molecule has 1 amide bonds. The number of thiazole rings is 1. The molecule has 2 aromatic rings. The Balaban J connectivity index is 2.32. The summed E-state index contributed by atoms with van der Waals surface area (Å²) >= 11 is 6.88. The van der Waals surface area contributed by atoms with Crippen LogP contribution >= 0.6 is 22.9 Å². The number of halogens is 1. The Morgan fingerprint density at radius 3 is 2.50 bits per heavy atom. The van der Waals surface area contributed by atoms with Crippen molar-refractivity contribution in [2.75, 3.05) is 0 Å². The molecule has 0 saturated carbocycles. The third-order valence-corrected chi connectivity index (χ3v) is 5.79. The number of carbonyl (C=O) groups excluding carboxylic acids is 1. The molecule has 0 aliphatic carbocycles. The van der Waals surface area contributed by atoms with Crippen LogP contribution in [-0.4, -0.2) is 19.3 Å². The number of sulfonamides is 1. The summed E-state index contributed by atoms with van der Waals surface area (Å²) in [5, 5.41) is 0.811. The summed E-state index contributed by atoms with van der Waals surface area (Å²) < 4.78 is 26.4. The number of aromatic nitrogens is 1. The van der Waals surface area contributed by atoms with Gasteiger partial charge in [0.2, 0.25) is 0 Å². The molecule has 106 valence electrons. The van der Waals surface area contributed by atoms with Crippen LogP contribution in [0.25, 0.3) is 0 Å². The van der Waals surface area contributed by atoms with Crippen molar-refractivity contribution in [3.05, 3.63) is 45.6 Å². The van der Waals surface area contributed by atoms with E-state index in [1.807, 2.05) is 4.72 Å². The third-order valence-electron chi connectivity index (χ3n) is 2.45. The molecule has 0 atom stereocenters. The molecule has 1 N–H and O–H groups in total. The Hall–Kier alpha value is -1.44. The monoisotopic (exact) mass is 330 g/mol. The molecule has 0 aliphatic heterocycles. The third kappa shape index (κ3) is 3.00. The zero-order chi connectivity index (χ0) is 14.9. The number of nitrogens with zero attached hydrogens (tertiary/aromatic N) is 1. The minimum atomic E-state index is -3.94. The van der Waals surface area contributed by atoms with E-state index in [2.05, 4.69) is 4.98 Å². The van der Waals surface area contributed by atoms with Gasteiger partial charge >= 0.3 is 0 Å². The van der Waals surface area contributed by atoms with E-state index < -0.39 is 15.9 Å². The molecule has 0 unspecified atom stereocenters. The second-order valence-corrected chi connectivity index (χ2v) is 7.51. The quantitative estimate of drug-likeness (QED) is 0.938. The lowest BCUT2D eigenvalue weighted by Gasteiger charge is -2.06. The van der Waals surface area contributed by atoms with Gasteiger partial charge in [-0.1, -0.05) is 23.7 Å². The summed E-state index contributed by atoms with van der Waals surface area (Å²) in [6.07, 6.45) is 0. The lowest BCUT2D eigenvalue weighted by atomic mass is 10.2. The molecule has 20 heavy (non-hydrogen) atoms. The zero-order valence-corrected chi connectivity index (χ0v) is 13.1. The first-order valence-corrected chi connectivity index (χ1v) is 8.25. The van der Waals surface area contributed by atoms with E-state index in [9.17, 15) is 13.2 Å². The highest BCUT2D eigenvalue weighted by Crippen LogP contribution is 2.23. The highest BCUT2D eigenvalue weighted by atomic mass is 35.5. The van der Waals surface area contributed by atoms with E-state index in [1.165, 1.54) is 12.1 Å². The van der Waals surface area contributed by atoms with Crippen LogP contribution in [0.4, 0.5) is 0 Å². The van der Waals surface area contributed by atoms with Gasteiger partial charge in [0.05, 0.1) is 21.3 Å². The minimum Gasteiger partial charge on any atom is -0.268 e. The first-order valence-electron chi connectivity index (χ1n) is 5.57. The summed E-state index contributed by atoms with van der Waals surface area (Å²) in [6.45, 7) is 3.28. The molecule has 0 bridgehead atoms. The van der Waals surface area contributed by atoms with Crippen molar-refractivity contribution in [1.82, 2.24) is 9.71 Å². The van der Waals surface area contributed by atoms with Gasteiger partial charge < -0.3 is 0 Å². The number of carbonyl (C=O) groups is 1. The van der Waals surface area contributed by atoms with Crippen LogP contribution in [0.5, 0.6) is 0 Å². The van der Waals surface area contributed by atoms with E-state index in [0.717, 1.165) is 11.3 Å². The van der Waals surface area contributed by atoms with Crippen molar-refractivity contribution in [2.24, 2.45) is 0 Å². The summed E-state index contributed by atoms with van der Waals surface area (Å²) in [5.74, 6) is -0.763. The van der Waals surface area contributed by atoms with Crippen LogP contribution in [0.2, 0.25) is 5.02 Å². The van der Waals surface area contributed by atoms with Crippen LogP contribution < -0.4 is 4.72 Å². The van der Waals surface area contributed by atoms with Crippen molar-refractivity contribution in [2.45, 2.75) is 18.1 Å². The van der Waals surface area contributed by atoms with E-state index in [1.54, 1.807) is 26.0 Å². The van der Waals surface area contributed by atoms with Crippen LogP contribution in [0.1, 0.15) is 21.1 Å². The number of hydrogen-bond donors (Lipinski definition) is 1. The van der Waals surface area contributed by atoms with E-state index in [-0.39, 0.29) is 14.8 Å². The first-order chi connectivity index (χ1) is 9.31. The highest BCUT2D eigenvalue weighted by Gasteiger charge is 2.24. The van der Waals surface area contributed by atoms with Gasteiger partial charge in [-0.2, -0.15) is 0 Å². The Morgan fingerprint density at radius 2 is 1.95 bits per heavy atom. The highest BCUT2D eigenvalue weighted by molar-refractivity contribution is 7.92. The largest absolute Gasteiger partial charge is 0.275 e. The predicted molar refractivity (Wildman–Crippen MR) is 77.7 cm³/mol. The number of amides is 1. The average Bonchev–Trinajstić information content (AvgIpc) is 2.69. The number of rotatable bonds is 3. The standard InChI is InChI=1S/C12H11ClN2O3S2/c1-7-12(19-8(2)14-7)20(17,18)15-11(16)9-5-3-4-6-10(9)13/h3-6H,1-2H3,(H,15,16). The Morgan fingerprint density at radius 1 is 1.30 bits per heavy atom. The molecular formula is C12H11ClN2O3S2. The van der Waals surface area contributed by atoms with Gasteiger partial charge in [-0.05, 0) is 26.0 Å². The van der Waals surface area contributed by atoms with Gasteiger partial charge in [0.1, 0.15) is 0 Å². The Bertz CT molecular complexity index is 769. The maximum atomic E-state index is 12.2. The van der Waals surface area contributed by atoms with Gasteiger partial charge in [0, 0.05) is 0 Å². The molecular weight excluding hydrogens is 320 g/mol. The number of hydrogen-bond acceptors (Lipinski definition) is 5. The second-order valence-electron chi connectivity index (χ2n) is 4.02. The molecule has 0 spiro atoms. The fourth-order valence-corrected chi connectivity index (χ4v) is 4.30. The van der Waals surface area contributed by atoms with Crippen molar-refractivity contribution < 1.29 is 13.2 Å². The lowest BCUT2D eigenvalue weighted by Crippen LogP contribution is -2.30. The van der Waals surface area contributed by atoms with Crippen LogP contribution in [-0.2, 0) is 10.0 Å². The van der Waals surface area contributed by atoms with Crippen LogP contribution in [0.15, 0.2) is 28.5 Å². The van der Waals surface area contributed by atoms with Crippen LogP contribution in [0.3, 0.4) is 0 Å². The van der Waals surface area contributed by atoms with Crippen LogP contribution in [0, 0.1) is 13.8 Å². The summed E-state index contributed by atoms with van der Waals surface area (Å²) in [5.41, 5.74) is 0.476. The van der Waals surface area contributed by atoms with Gasteiger partial charge in [-0.15, -0.1) is 11.3 Å². The normalized spacial score (nSPS) is 11.3. The number of nitrogens with one attached hydrogen (secondary N) is 1. The second kappa shape index (κ2) is 5.51. The molecule has 0 aliphatic rings. The summed E-state index contributed by atoms with van der Waals surface area (Å²) in [4.78, 5) is 16.0. The molecule has 2 rings (SSSR count). The molecule has 1 heterocycles. The Labute approximate surface area is 125 Å². The van der Waals surface area contributed by atoms with Crippen molar-refractivity contribution in [3.63, 3.8) is 0 Å². The van der Waals surface area contributed by atoms with E-state index >= 15 is 0 Å². The fourth-order valence-electron chi connectivity index (χ4n) is 1.63. The fraction of sp³-hybridized carbons (Fsp3) is 0.167. The smallest absolute Gasteiger partial charge is 0.268 e. The summed E-state index contributed by atoms with van der Waals surface area (Å²) in [7, 11) is -3.94. The van der Waals surface area contributed by atoms with Gasteiger partial charge in [-0.3, -0.25) is 4.79 Å². The predicted octanol–water partition coefficient (Wildman–Crippen LogP) is 2.53. The average molecular weight is 331 g/mol. The van der Waals surface area contributed by atoms with Gasteiger partial charge in [0.25, 0.3) is 15.9 Å². The molecule has 0 radical (unpaired) electrons. The van der Waals surface area contributed by atoms with Crippen molar-refractivity contribution >= 4 is 38.9 Å². The van der Waals surface area contributed by atoms with Crippen molar-refractivity contribution in [3.8, 4) is 0 Å². The molecule has 1 aromatic heterocycles. The first kappa shape index (κ1) is 15.0. The molecule has 1 aromatic carbocycles. The van der Waals surface area contributed by atoms with E-state index in [4.69, 9.17) is 11.6 Å². The van der Waals surface area contributed by atoms with E-state index in [0.29, 0.717) is 10.7 Å². The minimum absolute atomic E-state index is 0.0374. The Kier molecular flexibility index (Phi) is 4.12. The molecule has 8 heteroatoms. The number of benzene rings is 1. The zero-order valence-electron chi connectivity index (χ0n) is 10.7. The van der Waals surface area contributed by atoms with Gasteiger partial charge in [-0.25, -0.2) is 18.1 Å². The van der Waals surface area contributed by atoms with Gasteiger partial charge in [0.15, 0.2) is 4.21 Å².